The van der Waals surface area contributed by atoms with Crippen LogP contribution in [0.15, 0.2) is 75.3 Å². The molecule has 7 nitrogen and oxygen atoms in total. The van der Waals surface area contributed by atoms with Crippen molar-refractivity contribution in [3.63, 3.8) is 0 Å². The first-order valence-corrected chi connectivity index (χ1v) is 13.2. The molecule has 4 rings (SSSR count). The van der Waals surface area contributed by atoms with Crippen LogP contribution in [-0.2, 0) is 22.6 Å². The Labute approximate surface area is 232 Å². The maximum absolute atomic E-state index is 12.9. The minimum absolute atomic E-state index is 0.0823. The van der Waals surface area contributed by atoms with E-state index < -0.39 is 17.8 Å². The fourth-order valence-electron chi connectivity index (χ4n) is 3.81. The van der Waals surface area contributed by atoms with Crippen LogP contribution in [-0.4, -0.2) is 29.3 Å². The van der Waals surface area contributed by atoms with Crippen LogP contribution >= 0.6 is 31.9 Å². The smallest absolute Gasteiger partial charge is 0.329 e. The Morgan fingerprint density at radius 1 is 1.05 bits per heavy atom. The Morgan fingerprint density at radius 3 is 2.41 bits per heavy atom. The van der Waals surface area contributed by atoms with Crippen LogP contribution in [0.25, 0.3) is 6.08 Å². The maximum atomic E-state index is 12.9. The van der Waals surface area contributed by atoms with Crippen molar-refractivity contribution in [2.45, 2.75) is 26.9 Å². The lowest BCUT2D eigenvalue weighted by molar-refractivity contribution is -0.127. The van der Waals surface area contributed by atoms with Gasteiger partial charge in [-0.25, -0.2) is 9.69 Å². The lowest BCUT2D eigenvalue weighted by atomic mass is 10.1. The van der Waals surface area contributed by atoms with Gasteiger partial charge in [-0.2, -0.15) is 0 Å². The number of rotatable bonds is 8. The lowest BCUT2D eigenvalue weighted by Gasteiger charge is -2.13. The number of halogens is 2. The summed E-state index contributed by atoms with van der Waals surface area (Å²) in [5.41, 5.74) is 4.59. The van der Waals surface area contributed by atoms with Crippen molar-refractivity contribution in [2.24, 2.45) is 0 Å². The number of amides is 4. The predicted molar refractivity (Wildman–Crippen MR) is 150 cm³/mol. The first kappa shape index (κ1) is 26.6. The molecule has 1 aliphatic heterocycles. The molecule has 0 bridgehead atoms. The van der Waals surface area contributed by atoms with Crippen LogP contribution in [0.4, 0.5) is 10.5 Å². The summed E-state index contributed by atoms with van der Waals surface area (Å²) in [6.07, 6.45) is 2.30. The van der Waals surface area contributed by atoms with Gasteiger partial charge in [0.2, 0.25) is 5.91 Å². The molecule has 1 aliphatic rings. The number of para-hydroxylation sites is 1. The highest BCUT2D eigenvalue weighted by Crippen LogP contribution is 2.36. The number of imide groups is 1. The van der Waals surface area contributed by atoms with E-state index in [0.29, 0.717) is 32.6 Å². The Bertz CT molecular complexity index is 1360. The Kier molecular flexibility index (Phi) is 8.45. The van der Waals surface area contributed by atoms with Crippen LogP contribution in [0, 0.1) is 6.92 Å². The average molecular weight is 627 g/mol. The third kappa shape index (κ3) is 6.47. The van der Waals surface area contributed by atoms with Gasteiger partial charge in [-0.1, -0.05) is 55.0 Å². The van der Waals surface area contributed by atoms with Gasteiger partial charge < -0.3 is 15.4 Å². The van der Waals surface area contributed by atoms with Gasteiger partial charge in [0.15, 0.2) is 0 Å². The molecule has 0 unspecified atom stereocenters. The largest absolute Gasteiger partial charge is 0.487 e. The summed E-state index contributed by atoms with van der Waals surface area (Å²) in [5, 5.41) is 5.34. The highest BCUT2D eigenvalue weighted by atomic mass is 79.9. The van der Waals surface area contributed by atoms with Gasteiger partial charge in [0.25, 0.3) is 5.91 Å². The molecule has 9 heteroatoms. The second-order valence-electron chi connectivity index (χ2n) is 8.53. The fourth-order valence-corrected chi connectivity index (χ4v) is 5.26. The van der Waals surface area contributed by atoms with Gasteiger partial charge in [0.05, 0.1) is 8.95 Å². The number of hydrogen-bond donors (Lipinski definition) is 2. The van der Waals surface area contributed by atoms with Crippen LogP contribution in [0.1, 0.15) is 29.2 Å². The number of ether oxygens (including phenoxy) is 1. The summed E-state index contributed by atoms with van der Waals surface area (Å²) in [6.45, 7) is 4.02. The Morgan fingerprint density at radius 2 is 1.73 bits per heavy atom. The minimum atomic E-state index is -0.647. The molecular weight excluding hydrogens is 602 g/mol. The molecule has 37 heavy (non-hydrogen) atoms. The summed E-state index contributed by atoms with van der Waals surface area (Å²) in [5.74, 6) is -0.405. The number of aryl methyl sites for hydroxylation is 2. The molecule has 4 amide bonds. The second kappa shape index (κ2) is 11.7. The molecule has 3 aromatic carbocycles. The number of hydrogen-bond acceptors (Lipinski definition) is 4. The van der Waals surface area contributed by atoms with Crippen LogP contribution in [0.3, 0.4) is 0 Å². The molecule has 0 aromatic heterocycles. The van der Waals surface area contributed by atoms with E-state index in [2.05, 4.69) is 42.5 Å². The van der Waals surface area contributed by atoms with E-state index in [1.807, 2.05) is 56.3 Å². The van der Waals surface area contributed by atoms with Gasteiger partial charge in [0.1, 0.15) is 24.6 Å². The maximum Gasteiger partial charge on any atom is 0.329 e. The summed E-state index contributed by atoms with van der Waals surface area (Å²) in [6, 6.07) is 18.4. The van der Waals surface area contributed by atoms with Crippen molar-refractivity contribution >= 4 is 61.5 Å². The summed E-state index contributed by atoms with van der Waals surface area (Å²) < 4.78 is 7.35. The van der Waals surface area contributed by atoms with Crippen molar-refractivity contribution < 1.29 is 19.1 Å². The average Bonchev–Trinajstić information content (AvgIpc) is 3.12. The first-order chi connectivity index (χ1) is 17.7. The fraction of sp³-hybridized carbons (Fsp3) is 0.179. The van der Waals surface area contributed by atoms with Crippen LogP contribution in [0.5, 0.6) is 5.75 Å². The van der Waals surface area contributed by atoms with Gasteiger partial charge in [-0.3, -0.25) is 9.59 Å². The van der Waals surface area contributed by atoms with Gasteiger partial charge in [-0.05, 0) is 86.2 Å². The second-order valence-corrected chi connectivity index (χ2v) is 10.2. The van der Waals surface area contributed by atoms with Gasteiger partial charge >= 0.3 is 6.03 Å². The molecule has 0 aliphatic carbocycles. The molecule has 2 N–H and O–H groups in total. The Hall–Kier alpha value is -3.43. The van der Waals surface area contributed by atoms with Crippen LogP contribution in [0.2, 0.25) is 0 Å². The van der Waals surface area contributed by atoms with Crippen molar-refractivity contribution in [3.8, 4) is 5.75 Å². The molecule has 1 heterocycles. The number of carbonyl (C=O) groups excluding carboxylic acids is 3. The summed E-state index contributed by atoms with van der Waals surface area (Å²) in [4.78, 5) is 38.8. The van der Waals surface area contributed by atoms with Crippen molar-refractivity contribution in [2.75, 3.05) is 11.9 Å². The molecule has 1 saturated heterocycles. The van der Waals surface area contributed by atoms with Crippen LogP contribution < -0.4 is 15.4 Å². The van der Waals surface area contributed by atoms with E-state index in [-0.39, 0.29) is 12.2 Å². The molecule has 1 fully saturated rings. The van der Waals surface area contributed by atoms with E-state index in [1.165, 1.54) is 5.56 Å². The third-order valence-corrected chi connectivity index (χ3v) is 6.95. The van der Waals surface area contributed by atoms with Crippen molar-refractivity contribution in [1.29, 1.82) is 0 Å². The number of anilines is 1. The monoisotopic (exact) mass is 625 g/mol. The van der Waals surface area contributed by atoms with Crippen molar-refractivity contribution in [1.82, 2.24) is 10.2 Å². The van der Waals surface area contributed by atoms with Gasteiger partial charge in [0, 0.05) is 5.69 Å². The highest BCUT2D eigenvalue weighted by Gasteiger charge is 2.35. The molecule has 0 radical (unpaired) electrons. The molecule has 0 atom stereocenters. The van der Waals surface area contributed by atoms with Crippen molar-refractivity contribution in [3.05, 3.63) is 97.6 Å². The zero-order valence-electron chi connectivity index (χ0n) is 20.3. The van der Waals surface area contributed by atoms with E-state index in [4.69, 9.17) is 4.74 Å². The Balaban J connectivity index is 1.44. The molecule has 0 saturated carbocycles. The number of urea groups is 1. The minimum Gasteiger partial charge on any atom is -0.487 e. The summed E-state index contributed by atoms with van der Waals surface area (Å²) >= 11 is 7.05. The lowest BCUT2D eigenvalue weighted by Crippen LogP contribution is -2.38. The number of nitrogens with one attached hydrogen (secondary N) is 2. The van der Waals surface area contributed by atoms with E-state index in [0.717, 1.165) is 22.4 Å². The summed E-state index contributed by atoms with van der Waals surface area (Å²) in [7, 11) is 0. The molecule has 190 valence electrons. The first-order valence-electron chi connectivity index (χ1n) is 11.6. The standard InChI is InChI=1S/C28H25Br2N3O4/c1-3-20-6-4-5-7-23(20)31-25(34)15-33-27(35)24(32-28(33)36)14-19-12-21(29)26(22(30)13-19)37-16-18-10-8-17(2)9-11-18/h4-14H,3,15-16H2,1-2H3,(H,31,34)(H,32,36)/b24-14+. The van der Waals surface area contributed by atoms with E-state index in [9.17, 15) is 14.4 Å². The quantitative estimate of drug-likeness (QED) is 0.230. The predicted octanol–water partition coefficient (Wildman–Crippen LogP) is 6.19. The molecule has 3 aromatic rings. The molecular formula is C28H25Br2N3O4. The van der Waals surface area contributed by atoms with Gasteiger partial charge in [-0.15, -0.1) is 0 Å². The topological polar surface area (TPSA) is 87.7 Å². The third-order valence-electron chi connectivity index (χ3n) is 5.77. The number of benzene rings is 3. The normalized spacial score (nSPS) is 14.2. The number of carbonyl (C=O) groups is 3. The zero-order chi connectivity index (χ0) is 26.5. The molecule has 0 spiro atoms. The highest BCUT2D eigenvalue weighted by molar-refractivity contribution is 9.11. The van der Waals surface area contributed by atoms with E-state index >= 15 is 0 Å². The zero-order valence-corrected chi connectivity index (χ0v) is 23.5. The SMILES string of the molecule is CCc1ccccc1NC(=O)CN1C(=O)N/C(=C/c2cc(Br)c(OCc3ccc(C)cc3)c(Br)c2)C1=O. The number of nitrogens with zero attached hydrogens (tertiary/aromatic N) is 1. The van der Waals surface area contributed by atoms with E-state index in [1.54, 1.807) is 24.3 Å².